The molecule has 0 saturated carbocycles. The molecule has 0 heterocycles. The molecule has 90 valence electrons. The van der Waals surface area contributed by atoms with E-state index in [0.717, 1.165) is 12.2 Å². The molecule has 0 aromatic carbocycles. The monoisotopic (exact) mass is 235 g/mol. The smallest absolute Gasteiger partial charge is 0.323 e. The van der Waals surface area contributed by atoms with Gasteiger partial charge in [-0.25, -0.2) is 0 Å². The fourth-order valence-corrected chi connectivity index (χ4v) is 1.59. The molecule has 5 heteroatoms. The lowest BCUT2D eigenvalue weighted by Gasteiger charge is -2.16. The maximum atomic E-state index is 11.5. The molecule has 0 bridgehead atoms. The molecule has 0 aromatic heterocycles. The fourth-order valence-electron chi connectivity index (χ4n) is 1.12. The van der Waals surface area contributed by atoms with E-state index in [9.17, 15) is 4.79 Å². The molecule has 1 unspecified atom stereocenters. The highest BCUT2D eigenvalue weighted by Crippen LogP contribution is 2.02. The summed E-state index contributed by atoms with van der Waals surface area (Å²) in [5.41, 5.74) is 0. The third-order valence-electron chi connectivity index (χ3n) is 1.88. The Labute approximate surface area is 96.1 Å². The Morgan fingerprint density at radius 2 is 2.27 bits per heavy atom. The normalized spacial score (nSPS) is 12.5. The van der Waals surface area contributed by atoms with Gasteiger partial charge < -0.3 is 14.8 Å². The van der Waals surface area contributed by atoms with Gasteiger partial charge in [-0.1, -0.05) is 0 Å². The van der Waals surface area contributed by atoms with Crippen LogP contribution in [0.2, 0.25) is 0 Å². The lowest BCUT2D eigenvalue weighted by Crippen LogP contribution is -2.40. The third kappa shape index (κ3) is 7.64. The molecule has 0 radical (unpaired) electrons. The Morgan fingerprint density at radius 1 is 1.53 bits per heavy atom. The number of hydrogen-bond donors (Lipinski definition) is 1. The number of carbonyl (C=O) groups is 1. The molecule has 0 rings (SSSR count). The van der Waals surface area contributed by atoms with E-state index in [0.29, 0.717) is 19.8 Å². The number of rotatable bonds is 9. The highest BCUT2D eigenvalue weighted by atomic mass is 32.2. The number of carbonyl (C=O) groups excluding carboxylic acids is 1. The van der Waals surface area contributed by atoms with Crippen molar-refractivity contribution in [3.63, 3.8) is 0 Å². The standard InChI is InChI=1S/C10H21NO3S/c1-4-14-10(12)9(5-8-15-3)11-6-7-13-2/h9,11H,4-8H2,1-3H3. The van der Waals surface area contributed by atoms with E-state index in [2.05, 4.69) is 5.32 Å². The van der Waals surface area contributed by atoms with Crippen molar-refractivity contribution < 1.29 is 14.3 Å². The van der Waals surface area contributed by atoms with E-state index in [1.165, 1.54) is 0 Å². The van der Waals surface area contributed by atoms with Crippen LogP contribution in [-0.2, 0) is 14.3 Å². The van der Waals surface area contributed by atoms with Gasteiger partial charge in [0, 0.05) is 13.7 Å². The van der Waals surface area contributed by atoms with Gasteiger partial charge in [-0.2, -0.15) is 11.8 Å². The summed E-state index contributed by atoms with van der Waals surface area (Å²) in [6.45, 7) is 3.53. The lowest BCUT2D eigenvalue weighted by molar-refractivity contribution is -0.145. The average Bonchev–Trinajstić information content (AvgIpc) is 2.23. The maximum absolute atomic E-state index is 11.5. The van der Waals surface area contributed by atoms with E-state index >= 15 is 0 Å². The molecule has 0 fully saturated rings. The molecule has 0 aliphatic heterocycles. The Hall–Kier alpha value is -0.260. The predicted molar refractivity (Wildman–Crippen MR) is 63.3 cm³/mol. The van der Waals surface area contributed by atoms with Gasteiger partial charge in [-0.05, 0) is 25.4 Å². The van der Waals surface area contributed by atoms with Gasteiger partial charge >= 0.3 is 5.97 Å². The van der Waals surface area contributed by atoms with Crippen LogP contribution in [0.25, 0.3) is 0 Å². The van der Waals surface area contributed by atoms with Gasteiger partial charge in [-0.15, -0.1) is 0 Å². The van der Waals surface area contributed by atoms with Crippen molar-refractivity contribution in [3.05, 3.63) is 0 Å². The third-order valence-corrected chi connectivity index (χ3v) is 2.52. The van der Waals surface area contributed by atoms with Crippen molar-refractivity contribution in [2.45, 2.75) is 19.4 Å². The summed E-state index contributed by atoms with van der Waals surface area (Å²) in [6.07, 6.45) is 2.82. The van der Waals surface area contributed by atoms with Gasteiger partial charge in [0.15, 0.2) is 0 Å². The van der Waals surface area contributed by atoms with Crippen LogP contribution in [-0.4, -0.2) is 50.9 Å². The van der Waals surface area contributed by atoms with E-state index < -0.39 is 0 Å². The molecule has 0 aliphatic carbocycles. The van der Waals surface area contributed by atoms with Crippen LogP contribution in [0.5, 0.6) is 0 Å². The second-order valence-electron chi connectivity index (χ2n) is 3.03. The Balaban J connectivity index is 3.87. The van der Waals surface area contributed by atoms with E-state index in [1.54, 1.807) is 18.9 Å². The zero-order valence-electron chi connectivity index (χ0n) is 9.75. The van der Waals surface area contributed by atoms with Gasteiger partial charge in [0.2, 0.25) is 0 Å². The minimum atomic E-state index is -0.201. The Bertz CT molecular complexity index is 167. The number of nitrogens with one attached hydrogen (secondary N) is 1. The summed E-state index contributed by atoms with van der Waals surface area (Å²) in [6, 6.07) is -0.201. The molecular formula is C10H21NO3S. The fraction of sp³-hybridized carbons (Fsp3) is 0.900. The highest BCUT2D eigenvalue weighted by molar-refractivity contribution is 7.98. The van der Waals surface area contributed by atoms with Crippen LogP contribution in [0.4, 0.5) is 0 Å². The molecule has 1 N–H and O–H groups in total. The van der Waals surface area contributed by atoms with E-state index in [4.69, 9.17) is 9.47 Å². The van der Waals surface area contributed by atoms with Gasteiger partial charge in [-0.3, -0.25) is 4.79 Å². The quantitative estimate of drug-likeness (QED) is 0.475. The van der Waals surface area contributed by atoms with Crippen LogP contribution < -0.4 is 5.32 Å². The topological polar surface area (TPSA) is 47.6 Å². The summed E-state index contributed by atoms with van der Waals surface area (Å²) in [7, 11) is 1.64. The number of thioether (sulfide) groups is 1. The highest BCUT2D eigenvalue weighted by Gasteiger charge is 2.17. The van der Waals surface area contributed by atoms with Crippen molar-refractivity contribution in [1.29, 1.82) is 0 Å². The first-order valence-electron chi connectivity index (χ1n) is 5.14. The van der Waals surface area contributed by atoms with Gasteiger partial charge in [0.05, 0.1) is 13.2 Å². The van der Waals surface area contributed by atoms with Crippen molar-refractivity contribution in [1.82, 2.24) is 5.32 Å². The number of methoxy groups -OCH3 is 1. The number of hydrogen-bond acceptors (Lipinski definition) is 5. The minimum absolute atomic E-state index is 0.164. The second-order valence-corrected chi connectivity index (χ2v) is 4.02. The summed E-state index contributed by atoms with van der Waals surface area (Å²) < 4.78 is 9.90. The second kappa shape index (κ2) is 10.3. The largest absolute Gasteiger partial charge is 0.465 e. The molecule has 1 atom stereocenters. The minimum Gasteiger partial charge on any atom is -0.465 e. The van der Waals surface area contributed by atoms with Crippen molar-refractivity contribution in [3.8, 4) is 0 Å². The summed E-state index contributed by atoms with van der Waals surface area (Å²) in [4.78, 5) is 11.5. The first-order valence-corrected chi connectivity index (χ1v) is 6.53. The SMILES string of the molecule is CCOC(=O)C(CCSC)NCCOC. The van der Waals surface area contributed by atoms with Crippen LogP contribution in [0.3, 0.4) is 0 Å². The zero-order chi connectivity index (χ0) is 11.5. The molecule has 0 aliphatic rings. The molecule has 0 aromatic rings. The number of ether oxygens (including phenoxy) is 2. The lowest BCUT2D eigenvalue weighted by atomic mass is 10.2. The zero-order valence-corrected chi connectivity index (χ0v) is 10.6. The van der Waals surface area contributed by atoms with Crippen LogP contribution in [0, 0.1) is 0 Å². The number of esters is 1. The molecule has 0 spiro atoms. The average molecular weight is 235 g/mol. The molecular weight excluding hydrogens is 214 g/mol. The van der Waals surface area contributed by atoms with Crippen molar-refractivity contribution in [2.75, 3.05) is 38.9 Å². The van der Waals surface area contributed by atoms with Crippen molar-refractivity contribution >= 4 is 17.7 Å². The molecule has 15 heavy (non-hydrogen) atoms. The first kappa shape index (κ1) is 14.7. The van der Waals surface area contributed by atoms with Crippen LogP contribution in [0.1, 0.15) is 13.3 Å². The molecule has 0 amide bonds. The van der Waals surface area contributed by atoms with Crippen LogP contribution in [0.15, 0.2) is 0 Å². The summed E-state index contributed by atoms with van der Waals surface area (Å²) in [5, 5.41) is 3.13. The predicted octanol–water partition coefficient (Wildman–Crippen LogP) is 0.907. The van der Waals surface area contributed by atoms with E-state index in [1.807, 2.05) is 13.2 Å². The van der Waals surface area contributed by atoms with E-state index in [-0.39, 0.29) is 12.0 Å². The van der Waals surface area contributed by atoms with Gasteiger partial charge in [0.1, 0.15) is 6.04 Å². The summed E-state index contributed by atoms with van der Waals surface area (Å²) >= 11 is 1.73. The summed E-state index contributed by atoms with van der Waals surface area (Å²) in [5.74, 6) is 0.784. The molecule has 0 saturated heterocycles. The Kier molecular flexibility index (Phi) is 10.1. The van der Waals surface area contributed by atoms with Crippen LogP contribution >= 0.6 is 11.8 Å². The first-order chi connectivity index (χ1) is 7.26. The molecule has 4 nitrogen and oxygen atoms in total. The maximum Gasteiger partial charge on any atom is 0.323 e. The Morgan fingerprint density at radius 3 is 2.80 bits per heavy atom. The van der Waals surface area contributed by atoms with Gasteiger partial charge in [0.25, 0.3) is 0 Å². The van der Waals surface area contributed by atoms with Crippen molar-refractivity contribution in [2.24, 2.45) is 0 Å².